The highest BCUT2D eigenvalue weighted by molar-refractivity contribution is 6.31. The second-order valence-electron chi connectivity index (χ2n) is 4.47. The average Bonchev–Trinajstić information content (AvgIpc) is 2.47. The molecule has 0 unspecified atom stereocenters. The van der Waals surface area contributed by atoms with Gasteiger partial charge in [0.2, 0.25) is 0 Å². The van der Waals surface area contributed by atoms with E-state index in [-0.39, 0.29) is 10.6 Å². The van der Waals surface area contributed by atoms with Gasteiger partial charge in [0.25, 0.3) is 5.91 Å². The van der Waals surface area contributed by atoms with Gasteiger partial charge in [0, 0.05) is 5.56 Å². The maximum absolute atomic E-state index is 13.0. The molecule has 4 nitrogen and oxygen atoms in total. The molecule has 1 aromatic carbocycles. The summed E-state index contributed by atoms with van der Waals surface area (Å²) in [6, 6.07) is 2.73. The topological polar surface area (TPSA) is 58.2 Å². The van der Waals surface area contributed by atoms with E-state index >= 15 is 0 Å². The Morgan fingerprint density at radius 3 is 2.48 bits per heavy atom. The van der Waals surface area contributed by atoms with Gasteiger partial charge in [0.05, 0.1) is 5.02 Å². The summed E-state index contributed by atoms with van der Waals surface area (Å²) in [6.45, 7) is 3.68. The summed E-state index contributed by atoms with van der Waals surface area (Å²) in [5.74, 6) is 1.20. The summed E-state index contributed by atoms with van der Waals surface area (Å²) < 4.78 is 13.0. The molecule has 112 valence electrons. The van der Waals surface area contributed by atoms with Crippen LogP contribution < -0.4 is 10.6 Å². The molecule has 1 rings (SSSR count). The SMILES string of the molecule is C#CC(CC)(CC)NC(=O)NC(=O)c1ccc(F)c(Cl)c1. The van der Waals surface area contributed by atoms with E-state index in [0.29, 0.717) is 12.8 Å². The molecule has 0 aliphatic carbocycles. The average molecular weight is 311 g/mol. The normalized spacial score (nSPS) is 10.6. The second-order valence-corrected chi connectivity index (χ2v) is 4.88. The monoisotopic (exact) mass is 310 g/mol. The number of nitrogens with one attached hydrogen (secondary N) is 2. The first-order valence-electron chi connectivity index (χ1n) is 6.43. The van der Waals surface area contributed by atoms with Gasteiger partial charge in [-0.15, -0.1) is 6.42 Å². The summed E-state index contributed by atoms with van der Waals surface area (Å²) in [5, 5.41) is 4.54. The summed E-state index contributed by atoms with van der Waals surface area (Å²) in [5.41, 5.74) is -0.721. The Kier molecular flexibility index (Phi) is 5.74. The van der Waals surface area contributed by atoms with Crippen LogP contribution in [-0.2, 0) is 0 Å². The van der Waals surface area contributed by atoms with Gasteiger partial charge < -0.3 is 5.32 Å². The Hall–Kier alpha value is -2.06. The minimum absolute atomic E-state index is 0.0795. The largest absolute Gasteiger partial charge is 0.322 e. The molecule has 0 aliphatic heterocycles. The van der Waals surface area contributed by atoms with Crippen molar-refractivity contribution in [2.75, 3.05) is 0 Å². The maximum Gasteiger partial charge on any atom is 0.322 e. The van der Waals surface area contributed by atoms with Crippen molar-refractivity contribution in [1.29, 1.82) is 0 Å². The zero-order valence-electron chi connectivity index (χ0n) is 11.8. The first-order chi connectivity index (χ1) is 9.87. The van der Waals surface area contributed by atoms with Crippen LogP contribution in [0.15, 0.2) is 18.2 Å². The third kappa shape index (κ3) is 4.20. The highest BCUT2D eigenvalue weighted by Gasteiger charge is 2.26. The zero-order chi connectivity index (χ0) is 16.0. The standard InChI is InChI=1S/C15H16ClFN2O2/c1-4-15(5-2,6-3)19-14(21)18-13(20)10-7-8-12(17)11(16)9-10/h1,7-9H,5-6H2,2-3H3,(H2,18,19,20,21). The number of rotatable bonds is 4. The molecule has 0 radical (unpaired) electrons. The number of hydrogen-bond acceptors (Lipinski definition) is 2. The Balaban J connectivity index is 2.77. The van der Waals surface area contributed by atoms with Crippen LogP contribution in [0.2, 0.25) is 5.02 Å². The zero-order valence-corrected chi connectivity index (χ0v) is 12.6. The molecule has 1 aromatic rings. The van der Waals surface area contributed by atoms with Crippen molar-refractivity contribution in [3.63, 3.8) is 0 Å². The number of hydrogen-bond donors (Lipinski definition) is 2. The van der Waals surface area contributed by atoms with Crippen LogP contribution in [0.3, 0.4) is 0 Å². The van der Waals surface area contributed by atoms with Crippen LogP contribution in [0, 0.1) is 18.2 Å². The van der Waals surface area contributed by atoms with E-state index in [4.69, 9.17) is 18.0 Å². The highest BCUT2D eigenvalue weighted by atomic mass is 35.5. The molecule has 0 aromatic heterocycles. The summed E-state index contributed by atoms with van der Waals surface area (Å²) >= 11 is 5.59. The van der Waals surface area contributed by atoms with E-state index in [1.165, 1.54) is 6.07 Å². The van der Waals surface area contributed by atoms with Crippen molar-refractivity contribution >= 4 is 23.5 Å². The fourth-order valence-corrected chi connectivity index (χ4v) is 1.91. The molecule has 6 heteroatoms. The van der Waals surface area contributed by atoms with Crippen LogP contribution in [0.1, 0.15) is 37.0 Å². The van der Waals surface area contributed by atoms with Crippen molar-refractivity contribution in [2.45, 2.75) is 32.2 Å². The predicted molar refractivity (Wildman–Crippen MR) is 79.6 cm³/mol. The summed E-state index contributed by atoms with van der Waals surface area (Å²) in [7, 11) is 0. The number of carbonyl (C=O) groups is 2. The van der Waals surface area contributed by atoms with Crippen molar-refractivity contribution < 1.29 is 14.0 Å². The van der Waals surface area contributed by atoms with E-state index in [0.717, 1.165) is 12.1 Å². The first kappa shape index (κ1) is 17.0. The summed E-state index contributed by atoms with van der Waals surface area (Å²) in [4.78, 5) is 23.7. The molecular formula is C15H16ClFN2O2. The molecule has 21 heavy (non-hydrogen) atoms. The molecule has 0 bridgehead atoms. The molecule has 0 spiro atoms. The predicted octanol–water partition coefficient (Wildman–Crippen LogP) is 3.11. The lowest BCUT2D eigenvalue weighted by molar-refractivity contribution is 0.0962. The van der Waals surface area contributed by atoms with E-state index < -0.39 is 23.3 Å². The van der Waals surface area contributed by atoms with Gasteiger partial charge >= 0.3 is 6.03 Å². The molecule has 0 aliphatic rings. The van der Waals surface area contributed by atoms with Gasteiger partial charge in [-0.1, -0.05) is 31.4 Å². The van der Waals surface area contributed by atoms with E-state index in [1.54, 1.807) is 0 Å². The van der Waals surface area contributed by atoms with E-state index in [9.17, 15) is 14.0 Å². The smallest absolute Gasteiger partial charge is 0.321 e. The lowest BCUT2D eigenvalue weighted by Crippen LogP contribution is -2.51. The quantitative estimate of drug-likeness (QED) is 0.840. The van der Waals surface area contributed by atoms with Crippen molar-refractivity contribution in [2.24, 2.45) is 0 Å². The highest BCUT2D eigenvalue weighted by Crippen LogP contribution is 2.16. The number of halogens is 2. The number of imide groups is 1. The fraction of sp³-hybridized carbons (Fsp3) is 0.333. The van der Waals surface area contributed by atoms with Crippen LogP contribution in [0.5, 0.6) is 0 Å². The van der Waals surface area contributed by atoms with Gasteiger partial charge in [-0.25, -0.2) is 9.18 Å². The Morgan fingerprint density at radius 2 is 2.00 bits per heavy atom. The minimum atomic E-state index is -0.801. The molecule has 0 saturated carbocycles. The van der Waals surface area contributed by atoms with Gasteiger partial charge in [-0.05, 0) is 31.0 Å². The van der Waals surface area contributed by atoms with Crippen molar-refractivity contribution in [3.8, 4) is 12.3 Å². The van der Waals surface area contributed by atoms with Gasteiger partial charge in [0.1, 0.15) is 11.4 Å². The van der Waals surface area contributed by atoms with E-state index in [1.807, 2.05) is 13.8 Å². The molecule has 3 amide bonds. The minimum Gasteiger partial charge on any atom is -0.321 e. The Labute approximate surface area is 128 Å². The number of terminal acetylenes is 1. The third-order valence-electron chi connectivity index (χ3n) is 3.25. The Bertz CT molecular complexity index is 592. The molecule has 0 fully saturated rings. The lowest BCUT2D eigenvalue weighted by Gasteiger charge is -2.26. The fourth-order valence-electron chi connectivity index (χ4n) is 1.73. The van der Waals surface area contributed by atoms with Gasteiger partial charge in [0.15, 0.2) is 0 Å². The first-order valence-corrected chi connectivity index (χ1v) is 6.81. The third-order valence-corrected chi connectivity index (χ3v) is 3.53. The summed E-state index contributed by atoms with van der Waals surface area (Å²) in [6.07, 6.45) is 6.48. The van der Waals surface area contributed by atoms with Crippen molar-refractivity contribution in [3.05, 3.63) is 34.6 Å². The number of benzene rings is 1. The van der Waals surface area contributed by atoms with Crippen molar-refractivity contribution in [1.82, 2.24) is 10.6 Å². The number of amides is 3. The van der Waals surface area contributed by atoms with Crippen LogP contribution in [0.25, 0.3) is 0 Å². The molecule has 0 saturated heterocycles. The van der Waals surface area contributed by atoms with Crippen LogP contribution >= 0.6 is 11.6 Å². The number of carbonyl (C=O) groups excluding carboxylic acids is 2. The molecule has 2 N–H and O–H groups in total. The Morgan fingerprint density at radius 1 is 1.38 bits per heavy atom. The van der Waals surface area contributed by atoms with Crippen LogP contribution in [0.4, 0.5) is 9.18 Å². The maximum atomic E-state index is 13.0. The molecular weight excluding hydrogens is 295 g/mol. The van der Waals surface area contributed by atoms with E-state index in [2.05, 4.69) is 16.6 Å². The van der Waals surface area contributed by atoms with Gasteiger partial charge in [-0.2, -0.15) is 0 Å². The second kappa shape index (κ2) is 7.09. The lowest BCUT2D eigenvalue weighted by atomic mass is 9.94. The van der Waals surface area contributed by atoms with Gasteiger partial charge in [-0.3, -0.25) is 10.1 Å². The molecule has 0 heterocycles. The molecule has 0 atom stereocenters. The van der Waals surface area contributed by atoms with Crippen LogP contribution in [-0.4, -0.2) is 17.5 Å². The number of urea groups is 1.